The molecule has 4 rings (SSSR count). The number of aromatic nitrogens is 5. The number of halogens is 6. The van der Waals surface area contributed by atoms with Crippen LogP contribution in [0, 0.1) is 5.92 Å². The number of hydrogen-bond acceptors (Lipinski definition) is 4. The summed E-state index contributed by atoms with van der Waals surface area (Å²) in [7, 11) is 1.22. The molecule has 0 aromatic carbocycles. The van der Waals surface area contributed by atoms with Crippen LogP contribution in [0.5, 0.6) is 0 Å². The van der Waals surface area contributed by atoms with E-state index < -0.39 is 29.6 Å². The maximum atomic E-state index is 13.4. The van der Waals surface area contributed by atoms with Crippen molar-refractivity contribution >= 4 is 5.91 Å². The van der Waals surface area contributed by atoms with Gasteiger partial charge < -0.3 is 5.73 Å². The van der Waals surface area contributed by atoms with Gasteiger partial charge in [0.15, 0.2) is 5.69 Å². The molecule has 170 valence electrons. The number of aryl methyl sites for hydroxylation is 1. The molecular weight excluding hydrogens is 442 g/mol. The van der Waals surface area contributed by atoms with Gasteiger partial charge in [0.25, 0.3) is 5.91 Å². The van der Waals surface area contributed by atoms with Crippen molar-refractivity contribution in [2.75, 3.05) is 0 Å². The monoisotopic (exact) mass is 458 g/mol. The lowest BCUT2D eigenvalue weighted by Crippen LogP contribution is -2.20. The Balaban J connectivity index is 1.58. The number of carbonyl (C=O) groups excluding carboxylic acids is 1. The summed E-state index contributed by atoms with van der Waals surface area (Å²) in [4.78, 5) is 15.0. The highest BCUT2D eigenvalue weighted by Gasteiger charge is 2.41. The fourth-order valence-electron chi connectivity index (χ4n) is 4.02. The van der Waals surface area contributed by atoms with E-state index in [1.54, 1.807) is 6.20 Å². The van der Waals surface area contributed by atoms with E-state index in [2.05, 4.69) is 15.2 Å². The van der Waals surface area contributed by atoms with E-state index in [1.165, 1.54) is 17.8 Å². The van der Waals surface area contributed by atoms with Crippen LogP contribution in [0.15, 0.2) is 24.5 Å². The van der Waals surface area contributed by atoms with Crippen molar-refractivity contribution in [2.24, 2.45) is 18.7 Å². The summed E-state index contributed by atoms with van der Waals surface area (Å²) in [6, 6.07) is 2.24. The Kier molecular flexibility index (Phi) is 5.01. The van der Waals surface area contributed by atoms with Gasteiger partial charge in [-0.1, -0.05) is 0 Å². The minimum absolute atomic E-state index is 0.0925. The van der Waals surface area contributed by atoms with Crippen molar-refractivity contribution in [3.8, 4) is 5.69 Å². The standard InChI is InChI=1S/C19H16F6N6O/c1-30-15(17(26)32)12(16(29-30)19(23,24)25)5-9-4-10-8-31(28-13(10)6-9)11-2-3-27-14(7-11)18(20,21)22/h2-3,7-9H,4-6H2,1H3,(H2,26,32). The third-order valence-corrected chi connectivity index (χ3v) is 5.31. The van der Waals surface area contributed by atoms with Crippen LogP contribution in [0.1, 0.15) is 38.7 Å². The van der Waals surface area contributed by atoms with Crippen LogP contribution in [0.2, 0.25) is 0 Å². The van der Waals surface area contributed by atoms with Crippen LogP contribution in [0.4, 0.5) is 26.3 Å². The van der Waals surface area contributed by atoms with E-state index in [9.17, 15) is 31.1 Å². The molecule has 1 amide bonds. The van der Waals surface area contributed by atoms with Crippen molar-refractivity contribution in [2.45, 2.75) is 31.6 Å². The minimum Gasteiger partial charge on any atom is -0.364 e. The Morgan fingerprint density at radius 1 is 1.16 bits per heavy atom. The number of nitrogens with zero attached hydrogens (tertiary/aromatic N) is 5. The predicted molar refractivity (Wildman–Crippen MR) is 97.7 cm³/mol. The Morgan fingerprint density at radius 3 is 2.47 bits per heavy atom. The molecule has 0 spiro atoms. The van der Waals surface area contributed by atoms with Gasteiger partial charge in [0.05, 0.1) is 11.4 Å². The van der Waals surface area contributed by atoms with Crippen molar-refractivity contribution in [1.82, 2.24) is 24.5 Å². The third kappa shape index (κ3) is 3.94. The molecule has 3 heterocycles. The summed E-state index contributed by atoms with van der Waals surface area (Å²) in [5, 5.41) is 7.73. The zero-order valence-corrected chi connectivity index (χ0v) is 16.5. The van der Waals surface area contributed by atoms with Gasteiger partial charge >= 0.3 is 12.4 Å². The number of nitrogens with two attached hydrogens (primary N) is 1. The molecule has 32 heavy (non-hydrogen) atoms. The second-order valence-electron chi connectivity index (χ2n) is 7.58. The number of hydrogen-bond donors (Lipinski definition) is 1. The summed E-state index contributed by atoms with van der Waals surface area (Å²) >= 11 is 0. The largest absolute Gasteiger partial charge is 0.435 e. The van der Waals surface area contributed by atoms with Crippen molar-refractivity contribution in [1.29, 1.82) is 0 Å². The first-order valence-corrected chi connectivity index (χ1v) is 9.38. The molecule has 3 aromatic rings. The van der Waals surface area contributed by atoms with E-state index in [1.807, 2.05) is 0 Å². The first-order chi connectivity index (χ1) is 14.8. The van der Waals surface area contributed by atoms with Crippen molar-refractivity contribution < 1.29 is 31.1 Å². The zero-order valence-electron chi connectivity index (χ0n) is 16.5. The molecule has 0 bridgehead atoms. The van der Waals surface area contributed by atoms with Crippen LogP contribution in [0.3, 0.4) is 0 Å². The fourth-order valence-corrected chi connectivity index (χ4v) is 4.02. The Labute approximate surface area is 176 Å². The number of fused-ring (bicyclic) bond motifs is 1. The van der Waals surface area contributed by atoms with E-state index in [4.69, 9.17) is 5.73 Å². The second-order valence-corrected chi connectivity index (χ2v) is 7.58. The van der Waals surface area contributed by atoms with Gasteiger partial charge in [0, 0.05) is 25.0 Å². The minimum atomic E-state index is -4.75. The average Bonchev–Trinajstić information content (AvgIpc) is 3.32. The molecule has 13 heteroatoms. The molecule has 1 aliphatic rings. The molecule has 0 aliphatic heterocycles. The molecule has 0 radical (unpaired) electrons. The van der Waals surface area contributed by atoms with Crippen molar-refractivity contribution in [3.63, 3.8) is 0 Å². The maximum Gasteiger partial charge on any atom is 0.435 e. The van der Waals surface area contributed by atoms with Crippen LogP contribution in [-0.4, -0.2) is 30.5 Å². The maximum absolute atomic E-state index is 13.4. The Bertz CT molecular complexity index is 1170. The number of rotatable bonds is 4. The van der Waals surface area contributed by atoms with Gasteiger partial charge in [0.2, 0.25) is 0 Å². The third-order valence-electron chi connectivity index (χ3n) is 5.31. The van der Waals surface area contributed by atoms with Gasteiger partial charge in [-0.2, -0.15) is 36.5 Å². The quantitative estimate of drug-likeness (QED) is 0.609. The number of primary amides is 1. The highest BCUT2D eigenvalue weighted by atomic mass is 19.4. The molecule has 7 nitrogen and oxygen atoms in total. The topological polar surface area (TPSA) is 91.6 Å². The fraction of sp³-hybridized carbons (Fsp3) is 0.368. The first-order valence-electron chi connectivity index (χ1n) is 9.38. The van der Waals surface area contributed by atoms with E-state index in [0.29, 0.717) is 24.1 Å². The van der Waals surface area contributed by atoms with Gasteiger partial charge in [0.1, 0.15) is 11.4 Å². The number of carbonyl (C=O) groups is 1. The van der Waals surface area contributed by atoms with Crippen LogP contribution >= 0.6 is 0 Å². The van der Waals surface area contributed by atoms with Gasteiger partial charge in [-0.05, 0) is 42.9 Å². The molecular formula is C19H16F6N6O. The van der Waals surface area contributed by atoms with Gasteiger partial charge in [-0.15, -0.1) is 0 Å². The molecule has 1 atom stereocenters. The number of alkyl halides is 6. The lowest BCUT2D eigenvalue weighted by molar-refractivity contribution is -0.142. The summed E-state index contributed by atoms with van der Waals surface area (Å²) in [6.07, 6.45) is -6.23. The smallest absolute Gasteiger partial charge is 0.364 e. The normalized spacial score (nSPS) is 16.4. The summed E-state index contributed by atoms with van der Waals surface area (Å²) < 4.78 is 81.0. The van der Waals surface area contributed by atoms with Crippen molar-refractivity contribution in [3.05, 3.63) is 58.4 Å². The second kappa shape index (κ2) is 7.35. The molecule has 0 fully saturated rings. The predicted octanol–water partition coefficient (Wildman–Crippen LogP) is 3.09. The highest BCUT2D eigenvalue weighted by molar-refractivity contribution is 5.93. The molecule has 3 aromatic heterocycles. The van der Waals surface area contributed by atoms with Gasteiger partial charge in [-0.25, -0.2) is 4.68 Å². The highest BCUT2D eigenvalue weighted by Crippen LogP contribution is 2.36. The lowest BCUT2D eigenvalue weighted by atomic mass is 9.94. The molecule has 1 unspecified atom stereocenters. The van der Waals surface area contributed by atoms with Crippen LogP contribution in [0.25, 0.3) is 5.69 Å². The first kappa shape index (κ1) is 21.8. The number of amides is 1. The summed E-state index contributed by atoms with van der Waals surface area (Å²) in [6.45, 7) is 0. The summed E-state index contributed by atoms with van der Waals surface area (Å²) in [5.74, 6) is -1.31. The van der Waals surface area contributed by atoms with E-state index >= 15 is 0 Å². The Hall–Kier alpha value is -3.38. The van der Waals surface area contributed by atoms with Crippen LogP contribution in [-0.2, 0) is 38.7 Å². The molecule has 0 saturated carbocycles. The van der Waals surface area contributed by atoms with Crippen LogP contribution < -0.4 is 5.73 Å². The molecule has 2 N–H and O–H groups in total. The van der Waals surface area contributed by atoms with E-state index in [-0.39, 0.29) is 29.3 Å². The van der Waals surface area contributed by atoms with Gasteiger partial charge in [-0.3, -0.25) is 14.5 Å². The van der Waals surface area contributed by atoms with E-state index in [0.717, 1.165) is 16.9 Å². The number of pyridine rings is 1. The lowest BCUT2D eigenvalue weighted by Gasteiger charge is -2.13. The SMILES string of the molecule is Cn1nc(C(F)(F)F)c(CC2Cc3cn(-c4ccnc(C(F)(F)F)c4)nc3C2)c1C(N)=O. The molecule has 0 saturated heterocycles. The Morgan fingerprint density at radius 2 is 1.88 bits per heavy atom. The summed E-state index contributed by atoms with van der Waals surface area (Å²) in [5.41, 5.74) is 3.94. The average molecular weight is 458 g/mol. The zero-order chi connectivity index (χ0) is 23.4. The molecule has 1 aliphatic carbocycles.